The Kier molecular flexibility index (Phi) is 6.52. The van der Waals surface area contributed by atoms with Crippen molar-refractivity contribution in [1.82, 2.24) is 9.78 Å². The fourth-order valence-corrected chi connectivity index (χ4v) is 3.43. The van der Waals surface area contributed by atoms with E-state index in [-0.39, 0.29) is 5.91 Å². The van der Waals surface area contributed by atoms with Crippen LogP contribution in [0.25, 0.3) is 6.08 Å². The highest BCUT2D eigenvalue weighted by Gasteiger charge is 2.18. The molecule has 1 fully saturated rings. The van der Waals surface area contributed by atoms with Gasteiger partial charge in [0.25, 0.3) is 0 Å². The summed E-state index contributed by atoms with van der Waals surface area (Å²) < 4.78 is 12.8. The molecule has 6 nitrogen and oxygen atoms in total. The number of hydrogen-bond donors (Lipinski definition) is 1. The number of carbonyl (C=O) groups excluding carboxylic acids is 1. The van der Waals surface area contributed by atoms with Crippen molar-refractivity contribution in [2.75, 3.05) is 19.0 Å². The first kappa shape index (κ1) is 19.0. The Morgan fingerprint density at radius 3 is 2.81 bits per heavy atom. The second kappa shape index (κ2) is 9.26. The zero-order valence-electron chi connectivity index (χ0n) is 16.0. The SMILES string of the molecule is CCOc1cc(/C=C/C(=O)Nc2ccnn2C2CCCCC2)ccc1OC. The molecule has 0 spiro atoms. The van der Waals surface area contributed by atoms with Crippen molar-refractivity contribution >= 4 is 17.8 Å². The van der Waals surface area contributed by atoms with E-state index in [0.29, 0.717) is 24.1 Å². The minimum atomic E-state index is -0.179. The molecule has 6 heteroatoms. The van der Waals surface area contributed by atoms with Crippen molar-refractivity contribution in [3.8, 4) is 11.5 Å². The van der Waals surface area contributed by atoms with Gasteiger partial charge >= 0.3 is 0 Å². The van der Waals surface area contributed by atoms with Crippen molar-refractivity contribution in [2.24, 2.45) is 0 Å². The summed E-state index contributed by atoms with van der Waals surface area (Å²) in [5.74, 6) is 1.91. The van der Waals surface area contributed by atoms with Crippen molar-refractivity contribution in [3.05, 3.63) is 42.1 Å². The van der Waals surface area contributed by atoms with Crippen molar-refractivity contribution in [1.29, 1.82) is 0 Å². The van der Waals surface area contributed by atoms with Gasteiger partial charge in [-0.15, -0.1) is 0 Å². The molecule has 0 bridgehead atoms. The molecule has 1 aromatic heterocycles. The number of nitrogens with one attached hydrogen (secondary N) is 1. The number of amides is 1. The van der Waals surface area contributed by atoms with Gasteiger partial charge in [0, 0.05) is 12.1 Å². The molecule has 27 heavy (non-hydrogen) atoms. The fourth-order valence-electron chi connectivity index (χ4n) is 3.43. The largest absolute Gasteiger partial charge is 0.493 e. The minimum Gasteiger partial charge on any atom is -0.493 e. The maximum absolute atomic E-state index is 12.4. The van der Waals surface area contributed by atoms with Gasteiger partial charge in [-0.1, -0.05) is 25.3 Å². The lowest BCUT2D eigenvalue weighted by molar-refractivity contribution is -0.111. The summed E-state index contributed by atoms with van der Waals surface area (Å²) >= 11 is 0. The van der Waals surface area contributed by atoms with Crippen LogP contribution in [-0.4, -0.2) is 29.4 Å². The first-order valence-electron chi connectivity index (χ1n) is 9.54. The quantitative estimate of drug-likeness (QED) is 0.733. The molecule has 1 aromatic carbocycles. The lowest BCUT2D eigenvalue weighted by Gasteiger charge is -2.23. The maximum atomic E-state index is 12.4. The number of methoxy groups -OCH3 is 1. The fraction of sp³-hybridized carbons (Fsp3) is 0.429. The third kappa shape index (κ3) is 4.90. The summed E-state index contributed by atoms with van der Waals surface area (Å²) in [5, 5.41) is 7.35. The Balaban J connectivity index is 1.66. The van der Waals surface area contributed by atoms with Crippen LogP contribution < -0.4 is 14.8 Å². The highest BCUT2D eigenvalue weighted by Crippen LogP contribution is 2.30. The highest BCUT2D eigenvalue weighted by molar-refractivity contribution is 6.01. The Labute approximate surface area is 160 Å². The summed E-state index contributed by atoms with van der Waals surface area (Å²) in [6.07, 6.45) is 11.0. The van der Waals surface area contributed by atoms with Crippen LogP contribution in [-0.2, 0) is 4.79 Å². The van der Waals surface area contributed by atoms with Crippen LogP contribution in [0.1, 0.15) is 50.6 Å². The molecule has 0 aliphatic heterocycles. The van der Waals surface area contributed by atoms with Crippen LogP contribution in [0.5, 0.6) is 11.5 Å². The molecule has 1 amide bonds. The van der Waals surface area contributed by atoms with Gasteiger partial charge in [-0.3, -0.25) is 4.79 Å². The van der Waals surface area contributed by atoms with E-state index in [0.717, 1.165) is 24.2 Å². The maximum Gasteiger partial charge on any atom is 0.249 e. The lowest BCUT2D eigenvalue weighted by Crippen LogP contribution is -2.19. The average Bonchev–Trinajstić information content (AvgIpc) is 3.15. The van der Waals surface area contributed by atoms with Crippen LogP contribution >= 0.6 is 0 Å². The zero-order valence-corrected chi connectivity index (χ0v) is 16.0. The normalized spacial score (nSPS) is 15.0. The topological polar surface area (TPSA) is 65.4 Å². The Hall–Kier alpha value is -2.76. The van der Waals surface area contributed by atoms with E-state index in [9.17, 15) is 4.79 Å². The van der Waals surface area contributed by atoms with Crippen LogP contribution in [0.2, 0.25) is 0 Å². The van der Waals surface area contributed by atoms with E-state index in [1.54, 1.807) is 19.4 Å². The van der Waals surface area contributed by atoms with Gasteiger partial charge < -0.3 is 14.8 Å². The summed E-state index contributed by atoms with van der Waals surface area (Å²) in [7, 11) is 1.61. The molecular formula is C21H27N3O3. The first-order chi connectivity index (χ1) is 13.2. The number of benzene rings is 1. The second-order valence-electron chi connectivity index (χ2n) is 6.62. The van der Waals surface area contributed by atoms with Gasteiger partial charge in [0.2, 0.25) is 5.91 Å². The van der Waals surface area contributed by atoms with Gasteiger partial charge in [0.1, 0.15) is 5.82 Å². The van der Waals surface area contributed by atoms with E-state index in [2.05, 4.69) is 10.4 Å². The van der Waals surface area contributed by atoms with Gasteiger partial charge in [0.15, 0.2) is 11.5 Å². The number of ether oxygens (including phenoxy) is 2. The number of carbonyl (C=O) groups is 1. The lowest BCUT2D eigenvalue weighted by atomic mass is 9.96. The molecule has 144 valence electrons. The number of hydrogen-bond acceptors (Lipinski definition) is 4. The summed E-state index contributed by atoms with van der Waals surface area (Å²) in [6, 6.07) is 7.81. The highest BCUT2D eigenvalue weighted by atomic mass is 16.5. The molecule has 1 aliphatic carbocycles. The predicted molar refractivity (Wildman–Crippen MR) is 106 cm³/mol. The third-order valence-corrected chi connectivity index (χ3v) is 4.76. The molecule has 3 rings (SSSR count). The van der Waals surface area contributed by atoms with Gasteiger partial charge in [-0.05, 0) is 43.5 Å². The number of rotatable bonds is 7. The van der Waals surface area contributed by atoms with Crippen LogP contribution in [0.15, 0.2) is 36.5 Å². The number of nitrogens with zero attached hydrogens (tertiary/aromatic N) is 2. The van der Waals surface area contributed by atoms with Gasteiger partial charge in [-0.2, -0.15) is 5.10 Å². The van der Waals surface area contributed by atoms with E-state index in [4.69, 9.17) is 9.47 Å². The van der Waals surface area contributed by atoms with Gasteiger partial charge in [-0.25, -0.2) is 4.68 Å². The first-order valence-corrected chi connectivity index (χ1v) is 9.54. The number of anilines is 1. The molecule has 0 unspecified atom stereocenters. The zero-order chi connectivity index (χ0) is 19.1. The molecule has 0 atom stereocenters. The van der Waals surface area contributed by atoms with E-state index in [1.165, 1.54) is 25.3 Å². The second-order valence-corrected chi connectivity index (χ2v) is 6.62. The minimum absolute atomic E-state index is 0.179. The van der Waals surface area contributed by atoms with E-state index in [1.807, 2.05) is 35.9 Å². The Bertz CT molecular complexity index is 792. The molecule has 1 aliphatic rings. The predicted octanol–water partition coefficient (Wildman–Crippen LogP) is 4.45. The molecule has 1 heterocycles. The van der Waals surface area contributed by atoms with Crippen molar-refractivity contribution in [2.45, 2.75) is 45.1 Å². The molecule has 1 saturated carbocycles. The Morgan fingerprint density at radius 2 is 2.07 bits per heavy atom. The van der Waals surface area contributed by atoms with Crippen LogP contribution in [0.4, 0.5) is 5.82 Å². The van der Waals surface area contributed by atoms with Crippen LogP contribution in [0.3, 0.4) is 0 Å². The summed E-state index contributed by atoms with van der Waals surface area (Å²) in [6.45, 7) is 2.47. The molecule has 0 radical (unpaired) electrons. The van der Waals surface area contributed by atoms with Crippen LogP contribution in [0, 0.1) is 0 Å². The van der Waals surface area contributed by atoms with Crippen molar-refractivity contribution < 1.29 is 14.3 Å². The Morgan fingerprint density at radius 1 is 1.26 bits per heavy atom. The monoisotopic (exact) mass is 369 g/mol. The van der Waals surface area contributed by atoms with Gasteiger partial charge in [0.05, 0.1) is 26.0 Å². The molecule has 1 N–H and O–H groups in total. The smallest absolute Gasteiger partial charge is 0.249 e. The molecule has 2 aromatic rings. The molecular weight excluding hydrogens is 342 g/mol. The van der Waals surface area contributed by atoms with E-state index >= 15 is 0 Å². The van der Waals surface area contributed by atoms with E-state index < -0.39 is 0 Å². The third-order valence-electron chi connectivity index (χ3n) is 4.76. The average molecular weight is 369 g/mol. The number of aromatic nitrogens is 2. The summed E-state index contributed by atoms with van der Waals surface area (Å²) in [5.41, 5.74) is 0.871. The summed E-state index contributed by atoms with van der Waals surface area (Å²) in [4.78, 5) is 12.4. The molecule has 0 saturated heterocycles. The van der Waals surface area contributed by atoms with Crippen molar-refractivity contribution in [3.63, 3.8) is 0 Å². The standard InChI is InChI=1S/C21H27N3O3/c1-3-27-19-15-16(9-11-18(19)26-2)10-12-21(25)23-20-13-14-22-24(20)17-7-5-4-6-8-17/h9-15,17H,3-8H2,1-2H3,(H,23,25)/b12-10+.